The van der Waals surface area contributed by atoms with Crippen LogP contribution in [0.15, 0.2) is 60.3 Å². The number of rotatable bonds is 4. The van der Waals surface area contributed by atoms with Gasteiger partial charge in [0.05, 0.1) is 11.6 Å². The zero-order valence-electron chi connectivity index (χ0n) is 14.6. The van der Waals surface area contributed by atoms with Gasteiger partial charge in [0.25, 0.3) is 0 Å². The van der Waals surface area contributed by atoms with E-state index in [4.69, 9.17) is 10.00 Å². The van der Waals surface area contributed by atoms with Crippen LogP contribution in [0.25, 0.3) is 0 Å². The molecule has 0 radical (unpaired) electrons. The lowest BCUT2D eigenvalue weighted by atomic mass is 9.83. The molecule has 1 aliphatic heterocycles. The third-order valence-corrected chi connectivity index (χ3v) is 4.58. The van der Waals surface area contributed by atoms with E-state index in [-0.39, 0.29) is 17.8 Å². The van der Waals surface area contributed by atoms with Gasteiger partial charge in [-0.2, -0.15) is 5.26 Å². The smallest absolute Gasteiger partial charge is 0.194 e. The Kier molecular flexibility index (Phi) is 4.33. The minimum atomic E-state index is -0.234. The zero-order valence-corrected chi connectivity index (χ0v) is 14.6. The van der Waals surface area contributed by atoms with E-state index in [0.717, 1.165) is 11.4 Å². The highest BCUT2D eigenvalue weighted by molar-refractivity contribution is 5.93. The van der Waals surface area contributed by atoms with Crippen molar-refractivity contribution < 1.29 is 9.53 Å². The lowest BCUT2D eigenvalue weighted by Crippen LogP contribution is -2.25. The Hall–Kier alpha value is -3.06. The summed E-state index contributed by atoms with van der Waals surface area (Å²) in [4.78, 5) is 14.5. The van der Waals surface area contributed by atoms with Crippen molar-refractivity contribution in [2.24, 2.45) is 0 Å². The van der Waals surface area contributed by atoms with Crippen molar-refractivity contribution in [3.05, 3.63) is 71.4 Å². The topological polar surface area (TPSA) is 53.3 Å². The van der Waals surface area contributed by atoms with Crippen molar-refractivity contribution >= 4 is 11.5 Å². The molecule has 1 heterocycles. The minimum Gasteiger partial charge on any atom is -0.485 e. The van der Waals surface area contributed by atoms with Gasteiger partial charge in [0, 0.05) is 29.9 Å². The first kappa shape index (κ1) is 16.8. The second kappa shape index (κ2) is 6.45. The summed E-state index contributed by atoms with van der Waals surface area (Å²) in [7, 11) is 1.98. The number of carbonyl (C=O) groups is 1. The largest absolute Gasteiger partial charge is 0.485 e. The zero-order chi connectivity index (χ0) is 18.0. The minimum absolute atomic E-state index is 0.0569. The fraction of sp³-hybridized carbons (Fsp3) is 0.238. The number of ketones is 1. The van der Waals surface area contributed by atoms with Crippen LogP contribution in [-0.2, 0) is 10.2 Å². The maximum atomic E-state index is 12.4. The first-order valence-electron chi connectivity index (χ1n) is 8.14. The number of fused-ring (bicyclic) bond motifs is 1. The molecule has 2 aromatic rings. The highest BCUT2D eigenvalue weighted by atomic mass is 16.5. The van der Waals surface area contributed by atoms with Gasteiger partial charge in [-0.05, 0) is 29.8 Å². The summed E-state index contributed by atoms with van der Waals surface area (Å²) >= 11 is 0. The van der Waals surface area contributed by atoms with Gasteiger partial charge in [0.2, 0.25) is 0 Å². The van der Waals surface area contributed by atoms with E-state index in [1.165, 1.54) is 5.56 Å². The third-order valence-electron chi connectivity index (χ3n) is 4.58. The third kappa shape index (κ3) is 3.14. The van der Waals surface area contributed by atoms with E-state index in [0.29, 0.717) is 11.3 Å². The second-order valence-electron chi connectivity index (χ2n) is 6.63. The summed E-state index contributed by atoms with van der Waals surface area (Å²) in [5.41, 5.74) is 3.55. The molecule has 25 heavy (non-hydrogen) atoms. The van der Waals surface area contributed by atoms with Crippen molar-refractivity contribution in [1.29, 1.82) is 5.26 Å². The number of hydrogen-bond donors (Lipinski definition) is 0. The molecule has 1 aliphatic rings. The van der Waals surface area contributed by atoms with Crippen LogP contribution in [0.5, 0.6) is 5.75 Å². The monoisotopic (exact) mass is 332 g/mol. The predicted molar refractivity (Wildman–Crippen MR) is 97.6 cm³/mol. The van der Waals surface area contributed by atoms with Crippen LogP contribution in [0.4, 0.5) is 5.69 Å². The van der Waals surface area contributed by atoms with Gasteiger partial charge in [-0.1, -0.05) is 38.1 Å². The molecule has 126 valence electrons. The van der Waals surface area contributed by atoms with E-state index in [2.05, 4.69) is 36.9 Å². The Morgan fingerprint density at radius 1 is 1.24 bits per heavy atom. The van der Waals surface area contributed by atoms with Crippen LogP contribution in [0.3, 0.4) is 0 Å². The van der Waals surface area contributed by atoms with Crippen molar-refractivity contribution in [2.45, 2.75) is 19.3 Å². The van der Waals surface area contributed by atoms with Gasteiger partial charge in [-0.15, -0.1) is 0 Å². The molecule has 4 nitrogen and oxygen atoms in total. The molecule has 0 aromatic heterocycles. The predicted octanol–water partition coefficient (Wildman–Crippen LogP) is 3.82. The SMILES string of the molecule is CN1/C(=C\C(=O)COc2cccc(C#N)c2)C(C)(C)c2ccccc21. The summed E-state index contributed by atoms with van der Waals surface area (Å²) in [5, 5.41) is 8.91. The average Bonchev–Trinajstić information content (AvgIpc) is 2.81. The van der Waals surface area contributed by atoms with E-state index < -0.39 is 0 Å². The summed E-state index contributed by atoms with van der Waals surface area (Å²) in [6.45, 7) is 4.18. The lowest BCUT2D eigenvalue weighted by molar-refractivity contribution is -0.116. The molecule has 0 saturated carbocycles. The Labute approximate surface area is 148 Å². The molecule has 0 spiro atoms. The van der Waals surface area contributed by atoms with Crippen LogP contribution in [0.1, 0.15) is 25.0 Å². The number of ether oxygens (including phenoxy) is 1. The molecule has 0 fully saturated rings. The highest BCUT2D eigenvalue weighted by Gasteiger charge is 2.38. The molecular weight excluding hydrogens is 312 g/mol. The molecule has 0 N–H and O–H groups in total. The molecule has 0 bridgehead atoms. The van der Waals surface area contributed by atoms with Gasteiger partial charge in [-0.3, -0.25) is 4.79 Å². The summed E-state index contributed by atoms with van der Waals surface area (Å²) in [6.07, 6.45) is 1.66. The normalized spacial score (nSPS) is 16.4. The number of para-hydroxylation sites is 1. The molecule has 0 unspecified atom stereocenters. The fourth-order valence-corrected chi connectivity index (χ4v) is 3.26. The second-order valence-corrected chi connectivity index (χ2v) is 6.63. The van der Waals surface area contributed by atoms with E-state index in [1.807, 2.05) is 19.2 Å². The molecular formula is C21H20N2O2. The number of anilines is 1. The quantitative estimate of drug-likeness (QED) is 0.799. The van der Waals surface area contributed by atoms with Gasteiger partial charge in [0.15, 0.2) is 12.4 Å². The van der Waals surface area contributed by atoms with Gasteiger partial charge in [-0.25, -0.2) is 0 Å². The van der Waals surface area contributed by atoms with Crippen LogP contribution < -0.4 is 9.64 Å². The fourth-order valence-electron chi connectivity index (χ4n) is 3.26. The standard InChI is InChI=1S/C21H20N2O2/c1-21(2)18-9-4-5-10-19(18)23(3)20(21)12-16(24)14-25-17-8-6-7-15(11-17)13-22/h4-12H,14H2,1-3H3/b20-12-. The number of benzene rings is 2. The maximum absolute atomic E-state index is 12.4. The van der Waals surface area contributed by atoms with Crippen LogP contribution in [-0.4, -0.2) is 19.4 Å². The summed E-state index contributed by atoms with van der Waals surface area (Å²) in [6, 6.07) is 17.0. The molecule has 3 rings (SSSR count). The Morgan fingerprint density at radius 2 is 2.00 bits per heavy atom. The van der Waals surface area contributed by atoms with Crippen molar-refractivity contribution in [3.8, 4) is 11.8 Å². The molecule has 0 saturated heterocycles. The molecule has 2 aromatic carbocycles. The van der Waals surface area contributed by atoms with E-state index in [1.54, 1.807) is 30.3 Å². The molecule has 0 aliphatic carbocycles. The number of likely N-dealkylation sites (N-methyl/N-ethyl adjacent to an activating group) is 1. The van der Waals surface area contributed by atoms with Crippen molar-refractivity contribution in [1.82, 2.24) is 0 Å². The van der Waals surface area contributed by atoms with Gasteiger partial charge in [0.1, 0.15) is 5.75 Å². The average molecular weight is 332 g/mol. The maximum Gasteiger partial charge on any atom is 0.194 e. The Balaban J connectivity index is 1.77. The number of carbonyl (C=O) groups excluding carboxylic acids is 1. The molecule has 0 amide bonds. The first-order chi connectivity index (χ1) is 11.9. The van der Waals surface area contributed by atoms with Crippen LogP contribution >= 0.6 is 0 Å². The van der Waals surface area contributed by atoms with Crippen molar-refractivity contribution in [3.63, 3.8) is 0 Å². The van der Waals surface area contributed by atoms with Crippen LogP contribution in [0, 0.1) is 11.3 Å². The first-order valence-corrected chi connectivity index (χ1v) is 8.14. The molecule has 4 heteroatoms. The number of nitriles is 1. The van der Waals surface area contributed by atoms with Gasteiger partial charge < -0.3 is 9.64 Å². The van der Waals surface area contributed by atoms with Crippen LogP contribution in [0.2, 0.25) is 0 Å². The number of nitrogens with zero attached hydrogens (tertiary/aromatic N) is 2. The number of allylic oxidation sites excluding steroid dienone is 1. The summed E-state index contributed by atoms with van der Waals surface area (Å²) in [5.74, 6) is 0.415. The molecule has 0 atom stereocenters. The highest BCUT2D eigenvalue weighted by Crippen LogP contribution is 2.46. The van der Waals surface area contributed by atoms with Gasteiger partial charge >= 0.3 is 0 Å². The Morgan fingerprint density at radius 3 is 2.72 bits per heavy atom. The van der Waals surface area contributed by atoms with Crippen molar-refractivity contribution in [2.75, 3.05) is 18.6 Å². The summed E-state index contributed by atoms with van der Waals surface area (Å²) < 4.78 is 5.54. The number of hydrogen-bond acceptors (Lipinski definition) is 4. The van der Waals surface area contributed by atoms with E-state index in [9.17, 15) is 4.79 Å². The Bertz CT molecular complexity index is 891. The van der Waals surface area contributed by atoms with E-state index >= 15 is 0 Å². The lowest BCUT2D eigenvalue weighted by Gasteiger charge is -2.23.